The Kier molecular flexibility index (Phi) is 7.86. The SMILES string of the molecule is Cc1ccc(N2CCC[C@H](N(CC3=CN(C4CC4)c4cc(-n5cc(CO)nn5)c(F)cc4C3)Cc3ccnc(C)c3)C2)cn1. The van der Waals surface area contributed by atoms with E-state index in [9.17, 15) is 5.11 Å². The molecule has 0 radical (unpaired) electrons. The zero-order valence-corrected chi connectivity index (χ0v) is 25.4. The third-order valence-corrected chi connectivity index (χ3v) is 8.98. The Hall–Kier alpha value is -4.15. The van der Waals surface area contributed by atoms with Crippen LogP contribution >= 0.6 is 0 Å². The van der Waals surface area contributed by atoms with E-state index in [1.54, 1.807) is 12.3 Å². The number of hydrogen-bond donors (Lipinski definition) is 1. The third-order valence-electron chi connectivity index (χ3n) is 8.98. The Morgan fingerprint density at radius 2 is 1.89 bits per heavy atom. The molecule has 2 aliphatic heterocycles. The maximum atomic E-state index is 15.5. The lowest BCUT2D eigenvalue weighted by atomic mass is 9.96. The molecule has 1 atom stereocenters. The highest BCUT2D eigenvalue weighted by molar-refractivity contribution is 5.66. The zero-order valence-electron chi connectivity index (χ0n) is 25.4. The van der Waals surface area contributed by atoms with Crippen LogP contribution in [0.5, 0.6) is 0 Å². The van der Waals surface area contributed by atoms with Gasteiger partial charge in [0, 0.05) is 67.7 Å². The summed E-state index contributed by atoms with van der Waals surface area (Å²) >= 11 is 0. The van der Waals surface area contributed by atoms with Crippen molar-refractivity contribution in [3.05, 3.63) is 101 Å². The van der Waals surface area contributed by atoms with Crippen molar-refractivity contribution in [3.8, 4) is 5.69 Å². The number of aliphatic hydroxyl groups excluding tert-OH is 1. The third kappa shape index (κ3) is 6.09. The van der Waals surface area contributed by atoms with Crippen LogP contribution in [0.15, 0.2) is 66.8 Å². The van der Waals surface area contributed by atoms with E-state index in [2.05, 4.69) is 65.4 Å². The van der Waals surface area contributed by atoms with Gasteiger partial charge in [-0.3, -0.25) is 14.9 Å². The minimum atomic E-state index is -0.339. The van der Waals surface area contributed by atoms with E-state index in [1.165, 1.54) is 21.5 Å². The molecule has 1 N–H and O–H groups in total. The molecule has 5 heterocycles. The maximum absolute atomic E-state index is 15.5. The molecule has 1 saturated carbocycles. The highest BCUT2D eigenvalue weighted by Crippen LogP contribution is 2.40. The summed E-state index contributed by atoms with van der Waals surface area (Å²) in [5.74, 6) is -0.339. The largest absolute Gasteiger partial charge is 0.390 e. The molecule has 228 valence electrons. The molecule has 3 aliphatic rings. The van der Waals surface area contributed by atoms with Gasteiger partial charge in [0.25, 0.3) is 0 Å². The fourth-order valence-corrected chi connectivity index (χ4v) is 6.59. The van der Waals surface area contributed by atoms with Gasteiger partial charge in [-0.15, -0.1) is 5.10 Å². The Labute approximate surface area is 257 Å². The summed E-state index contributed by atoms with van der Waals surface area (Å²) in [6.07, 6.45) is 13.0. The molecule has 1 aliphatic carbocycles. The van der Waals surface area contributed by atoms with Gasteiger partial charge in [-0.05, 0) is 99.0 Å². The molecule has 44 heavy (non-hydrogen) atoms. The molecule has 7 rings (SSSR count). The highest BCUT2D eigenvalue weighted by Gasteiger charge is 2.34. The van der Waals surface area contributed by atoms with Crippen LogP contribution in [0.2, 0.25) is 0 Å². The lowest BCUT2D eigenvalue weighted by Gasteiger charge is -2.41. The zero-order chi connectivity index (χ0) is 30.2. The van der Waals surface area contributed by atoms with Gasteiger partial charge in [0.1, 0.15) is 17.2 Å². The molecule has 0 spiro atoms. The second-order valence-electron chi connectivity index (χ2n) is 12.5. The topological polar surface area (TPSA) is 86.4 Å². The van der Waals surface area contributed by atoms with Gasteiger partial charge in [-0.2, -0.15) is 0 Å². The molecule has 4 aromatic rings. The number of piperidine rings is 1. The van der Waals surface area contributed by atoms with Gasteiger partial charge in [0.05, 0.1) is 24.7 Å². The Bertz CT molecular complexity index is 1660. The summed E-state index contributed by atoms with van der Waals surface area (Å²) in [6, 6.07) is 12.9. The van der Waals surface area contributed by atoms with Crippen molar-refractivity contribution in [2.45, 2.75) is 71.2 Å². The average Bonchev–Trinajstić information content (AvgIpc) is 3.77. The first-order valence-electron chi connectivity index (χ1n) is 15.6. The van der Waals surface area contributed by atoms with Crippen molar-refractivity contribution >= 4 is 11.4 Å². The highest BCUT2D eigenvalue weighted by atomic mass is 19.1. The Balaban J connectivity index is 1.18. The van der Waals surface area contributed by atoms with Crippen LogP contribution in [0, 0.1) is 19.7 Å². The summed E-state index contributed by atoms with van der Waals surface area (Å²) in [6.45, 7) is 7.44. The molecule has 0 amide bonds. The average molecular weight is 595 g/mol. The summed E-state index contributed by atoms with van der Waals surface area (Å²) in [4.78, 5) is 16.4. The fraction of sp³-hybridized carbons (Fsp3) is 0.412. The molecule has 9 nitrogen and oxygen atoms in total. The van der Waals surface area contributed by atoms with Gasteiger partial charge >= 0.3 is 0 Å². The number of pyridine rings is 2. The normalized spacial score (nSPS) is 18.5. The lowest BCUT2D eigenvalue weighted by molar-refractivity contribution is 0.180. The Morgan fingerprint density at radius 1 is 1.00 bits per heavy atom. The molecule has 2 fully saturated rings. The second kappa shape index (κ2) is 12.1. The van der Waals surface area contributed by atoms with Crippen molar-refractivity contribution in [1.29, 1.82) is 0 Å². The maximum Gasteiger partial charge on any atom is 0.149 e. The van der Waals surface area contributed by atoms with Crippen molar-refractivity contribution in [3.63, 3.8) is 0 Å². The minimum Gasteiger partial charge on any atom is -0.390 e. The van der Waals surface area contributed by atoms with E-state index >= 15 is 4.39 Å². The summed E-state index contributed by atoms with van der Waals surface area (Å²) in [5, 5.41) is 17.4. The summed E-state index contributed by atoms with van der Waals surface area (Å²) in [5.41, 5.74) is 8.56. The van der Waals surface area contributed by atoms with Gasteiger partial charge in [-0.25, -0.2) is 9.07 Å². The van der Waals surface area contributed by atoms with Crippen LogP contribution in [0.1, 0.15) is 53.9 Å². The van der Waals surface area contributed by atoms with Gasteiger partial charge in [-0.1, -0.05) is 5.21 Å². The number of aryl methyl sites for hydroxylation is 2. The van der Waals surface area contributed by atoms with Crippen LogP contribution < -0.4 is 9.80 Å². The lowest BCUT2D eigenvalue weighted by Crippen LogP contribution is -2.48. The molecule has 0 bridgehead atoms. The number of anilines is 2. The van der Waals surface area contributed by atoms with Crippen molar-refractivity contribution < 1.29 is 9.50 Å². The summed E-state index contributed by atoms with van der Waals surface area (Å²) < 4.78 is 17.0. The first-order chi connectivity index (χ1) is 21.4. The van der Waals surface area contributed by atoms with Gasteiger partial charge in [0.15, 0.2) is 0 Å². The molecule has 10 heteroatoms. The van der Waals surface area contributed by atoms with Crippen LogP contribution in [-0.4, -0.2) is 66.7 Å². The molecule has 3 aromatic heterocycles. The molecular formula is C34H39FN8O. The van der Waals surface area contributed by atoms with Gasteiger partial charge < -0.3 is 14.9 Å². The number of nitrogens with zero attached hydrogens (tertiary/aromatic N) is 8. The van der Waals surface area contributed by atoms with Crippen molar-refractivity contribution in [2.75, 3.05) is 29.4 Å². The van der Waals surface area contributed by atoms with Gasteiger partial charge in [0.2, 0.25) is 0 Å². The number of halogens is 1. The number of aliphatic hydroxyl groups is 1. The van der Waals surface area contributed by atoms with E-state index in [0.29, 0.717) is 29.9 Å². The first-order valence-corrected chi connectivity index (χ1v) is 15.6. The molecule has 1 aromatic carbocycles. The number of benzene rings is 1. The summed E-state index contributed by atoms with van der Waals surface area (Å²) in [7, 11) is 0. The predicted octanol–water partition coefficient (Wildman–Crippen LogP) is 4.89. The van der Waals surface area contributed by atoms with E-state index in [-0.39, 0.29) is 12.4 Å². The Morgan fingerprint density at radius 3 is 2.64 bits per heavy atom. The van der Waals surface area contributed by atoms with E-state index in [4.69, 9.17) is 0 Å². The smallest absolute Gasteiger partial charge is 0.149 e. The standard InChI is InChI=1S/C34H39FN8O/c1-23-5-6-30(16-37-23)40-11-3-4-31(21-40)41(17-25-9-10-36-24(2)12-25)18-26-13-27-14-32(35)34(43-20-28(22-44)38-39-43)15-33(27)42(19-26)29-7-8-29/h5-6,9-10,12,14-16,19-20,29,31,44H,3-4,7-8,11,13,17-18,21-22H2,1-2H3/t31-/m0/s1. The number of fused-ring (bicyclic) bond motifs is 1. The van der Waals surface area contributed by atoms with Crippen LogP contribution in [0.3, 0.4) is 0 Å². The first kappa shape index (κ1) is 28.6. The number of aromatic nitrogens is 5. The van der Waals surface area contributed by atoms with Crippen LogP contribution in [-0.2, 0) is 19.6 Å². The number of hydrogen-bond acceptors (Lipinski definition) is 8. The molecular weight excluding hydrogens is 555 g/mol. The fourth-order valence-electron chi connectivity index (χ4n) is 6.59. The monoisotopic (exact) mass is 594 g/mol. The van der Waals surface area contributed by atoms with Crippen LogP contribution in [0.4, 0.5) is 15.8 Å². The minimum absolute atomic E-state index is 0.233. The van der Waals surface area contributed by atoms with E-state index in [0.717, 1.165) is 74.5 Å². The van der Waals surface area contributed by atoms with E-state index < -0.39 is 0 Å². The predicted molar refractivity (Wildman–Crippen MR) is 168 cm³/mol. The molecule has 0 unspecified atom stereocenters. The van der Waals surface area contributed by atoms with Crippen molar-refractivity contribution in [1.82, 2.24) is 29.9 Å². The quantitative estimate of drug-likeness (QED) is 0.293. The van der Waals surface area contributed by atoms with Crippen molar-refractivity contribution in [2.24, 2.45) is 0 Å². The van der Waals surface area contributed by atoms with E-state index in [1.807, 2.05) is 32.3 Å². The number of rotatable bonds is 9. The van der Waals surface area contributed by atoms with Crippen LogP contribution in [0.25, 0.3) is 5.69 Å². The molecule has 1 saturated heterocycles. The second-order valence-corrected chi connectivity index (χ2v) is 12.5.